The van der Waals surface area contributed by atoms with Gasteiger partial charge in [0, 0.05) is 26.8 Å². The quantitative estimate of drug-likeness (QED) is 0.228. The molecule has 176 valence electrons. The molecule has 0 bridgehead atoms. The number of hydrogen-bond donors (Lipinski definition) is 2. The minimum Gasteiger partial charge on any atom is -0.329 e. The van der Waals surface area contributed by atoms with Gasteiger partial charge in [0.15, 0.2) is 10.9 Å². The van der Waals surface area contributed by atoms with Gasteiger partial charge in [0.25, 0.3) is 0 Å². The SMILES string of the molecule is Cc1nn(Cc2c(Cl)cccc2Cl)c(C)c1NC(=S)Nc1nn(Cc2ccccc2Cl)cc1Br. The molecule has 0 aliphatic carbocycles. The number of anilines is 2. The van der Waals surface area contributed by atoms with Gasteiger partial charge in [0.05, 0.1) is 34.6 Å². The van der Waals surface area contributed by atoms with E-state index >= 15 is 0 Å². The normalized spacial score (nSPS) is 11.0. The van der Waals surface area contributed by atoms with Crippen molar-refractivity contribution in [1.82, 2.24) is 19.6 Å². The van der Waals surface area contributed by atoms with E-state index in [1.807, 2.05) is 67.2 Å². The van der Waals surface area contributed by atoms with Gasteiger partial charge in [0.1, 0.15) is 0 Å². The highest BCUT2D eigenvalue weighted by atomic mass is 79.9. The molecule has 0 aliphatic heterocycles. The van der Waals surface area contributed by atoms with Crippen LogP contribution in [0.4, 0.5) is 11.5 Å². The Morgan fingerprint density at radius 1 is 0.941 bits per heavy atom. The van der Waals surface area contributed by atoms with Crippen LogP contribution >= 0.6 is 63.0 Å². The fourth-order valence-corrected chi connectivity index (χ4v) is 4.81. The van der Waals surface area contributed by atoms with Crippen molar-refractivity contribution in [1.29, 1.82) is 0 Å². The summed E-state index contributed by atoms with van der Waals surface area (Å²) in [6.45, 7) is 4.86. The van der Waals surface area contributed by atoms with Crippen molar-refractivity contribution in [3.63, 3.8) is 0 Å². The van der Waals surface area contributed by atoms with Crippen molar-refractivity contribution in [3.05, 3.63) is 90.7 Å². The number of aromatic nitrogens is 4. The number of aryl methyl sites for hydroxylation is 1. The molecule has 2 aromatic carbocycles. The second kappa shape index (κ2) is 10.7. The van der Waals surface area contributed by atoms with E-state index in [0.717, 1.165) is 32.7 Å². The van der Waals surface area contributed by atoms with Gasteiger partial charge < -0.3 is 10.6 Å². The van der Waals surface area contributed by atoms with Crippen LogP contribution in [0.5, 0.6) is 0 Å². The molecule has 0 saturated carbocycles. The second-order valence-corrected chi connectivity index (χ2v) is 10.1. The first-order valence-electron chi connectivity index (χ1n) is 10.2. The summed E-state index contributed by atoms with van der Waals surface area (Å²) in [5, 5.41) is 17.9. The predicted molar refractivity (Wildman–Crippen MR) is 148 cm³/mol. The molecule has 34 heavy (non-hydrogen) atoms. The Balaban J connectivity index is 1.47. The fourth-order valence-electron chi connectivity index (χ4n) is 3.48. The van der Waals surface area contributed by atoms with E-state index in [4.69, 9.17) is 47.0 Å². The minimum atomic E-state index is 0.394. The molecule has 0 fully saturated rings. The molecule has 4 aromatic rings. The van der Waals surface area contributed by atoms with Crippen LogP contribution in [0.2, 0.25) is 15.1 Å². The number of rotatable bonds is 6. The first-order valence-corrected chi connectivity index (χ1v) is 12.6. The second-order valence-electron chi connectivity index (χ2n) is 7.60. The number of halogens is 4. The highest BCUT2D eigenvalue weighted by Crippen LogP contribution is 2.28. The van der Waals surface area contributed by atoms with E-state index in [-0.39, 0.29) is 0 Å². The summed E-state index contributed by atoms with van der Waals surface area (Å²) in [7, 11) is 0. The third kappa shape index (κ3) is 5.58. The van der Waals surface area contributed by atoms with Crippen LogP contribution in [0.3, 0.4) is 0 Å². The van der Waals surface area contributed by atoms with Gasteiger partial charge >= 0.3 is 0 Å². The first-order chi connectivity index (χ1) is 16.2. The van der Waals surface area contributed by atoms with Crippen molar-refractivity contribution < 1.29 is 0 Å². The Kier molecular flexibility index (Phi) is 7.84. The van der Waals surface area contributed by atoms with Gasteiger partial charge in [-0.2, -0.15) is 10.2 Å². The van der Waals surface area contributed by atoms with Gasteiger partial charge in [-0.15, -0.1) is 0 Å². The van der Waals surface area contributed by atoms with E-state index < -0.39 is 0 Å². The van der Waals surface area contributed by atoms with E-state index in [0.29, 0.717) is 39.1 Å². The zero-order valence-corrected chi connectivity index (χ0v) is 22.9. The summed E-state index contributed by atoms with van der Waals surface area (Å²) in [4.78, 5) is 0. The Labute approximate surface area is 226 Å². The third-order valence-corrected chi connectivity index (χ3v) is 7.09. The molecule has 0 spiro atoms. The largest absolute Gasteiger partial charge is 0.329 e. The molecule has 0 radical (unpaired) electrons. The van der Waals surface area contributed by atoms with Crippen LogP contribution in [-0.2, 0) is 13.1 Å². The molecule has 4 rings (SSSR count). The average Bonchev–Trinajstić information content (AvgIpc) is 3.25. The molecule has 0 atom stereocenters. The van der Waals surface area contributed by atoms with Gasteiger partial charge in [-0.25, -0.2) is 0 Å². The molecule has 2 heterocycles. The molecule has 0 amide bonds. The van der Waals surface area contributed by atoms with Crippen LogP contribution in [0, 0.1) is 13.8 Å². The Morgan fingerprint density at radius 2 is 1.62 bits per heavy atom. The zero-order valence-electron chi connectivity index (χ0n) is 18.2. The lowest BCUT2D eigenvalue weighted by molar-refractivity contribution is 0.659. The number of benzene rings is 2. The summed E-state index contributed by atoms with van der Waals surface area (Å²) in [5.74, 6) is 0.593. The van der Waals surface area contributed by atoms with Gasteiger partial charge in [-0.1, -0.05) is 59.1 Å². The molecule has 2 aromatic heterocycles. The van der Waals surface area contributed by atoms with Crippen molar-refractivity contribution in [2.75, 3.05) is 10.6 Å². The van der Waals surface area contributed by atoms with Crippen LogP contribution in [-0.4, -0.2) is 24.7 Å². The van der Waals surface area contributed by atoms with E-state index in [1.165, 1.54) is 0 Å². The summed E-state index contributed by atoms with van der Waals surface area (Å²) in [5.41, 5.74) is 4.31. The lowest BCUT2D eigenvalue weighted by atomic mass is 10.2. The van der Waals surface area contributed by atoms with Gasteiger partial charge in [-0.05, 0) is 65.8 Å². The van der Waals surface area contributed by atoms with Gasteiger partial charge in [-0.3, -0.25) is 9.36 Å². The maximum Gasteiger partial charge on any atom is 0.176 e. The van der Waals surface area contributed by atoms with E-state index in [9.17, 15) is 0 Å². The standard InChI is InChI=1S/C23H20BrCl3N6S/c1-13-21(14(2)33(30-13)11-16-19(26)8-5-9-20(16)27)28-23(34)29-22-17(24)12-32(31-22)10-15-6-3-4-7-18(15)25/h3-9,12H,10-11H2,1-2H3,(H2,28,29,31,34). The van der Waals surface area contributed by atoms with Crippen LogP contribution in [0.25, 0.3) is 0 Å². The van der Waals surface area contributed by atoms with Crippen LogP contribution in [0.15, 0.2) is 53.1 Å². The Bertz CT molecular complexity index is 1350. The lowest BCUT2D eigenvalue weighted by Gasteiger charge is -2.11. The molecule has 6 nitrogen and oxygen atoms in total. The Morgan fingerprint density at radius 3 is 2.32 bits per heavy atom. The number of nitrogens with zero attached hydrogens (tertiary/aromatic N) is 4. The summed E-state index contributed by atoms with van der Waals surface area (Å²) in [6, 6.07) is 13.1. The maximum absolute atomic E-state index is 6.34. The molecule has 0 unspecified atom stereocenters. The van der Waals surface area contributed by atoms with Gasteiger partial charge in [0.2, 0.25) is 0 Å². The number of thiocarbonyl (C=S) groups is 1. The topological polar surface area (TPSA) is 59.7 Å². The molecule has 11 heteroatoms. The third-order valence-electron chi connectivity index (χ3n) is 5.23. The smallest absolute Gasteiger partial charge is 0.176 e. The lowest BCUT2D eigenvalue weighted by Crippen LogP contribution is -2.20. The molecular weight excluding hydrogens is 579 g/mol. The molecule has 2 N–H and O–H groups in total. The highest BCUT2D eigenvalue weighted by Gasteiger charge is 2.16. The zero-order chi connectivity index (χ0) is 24.4. The monoisotopic (exact) mass is 596 g/mol. The van der Waals surface area contributed by atoms with Crippen LogP contribution in [0.1, 0.15) is 22.5 Å². The number of hydrogen-bond acceptors (Lipinski definition) is 3. The first kappa shape index (κ1) is 25.0. The highest BCUT2D eigenvalue weighted by molar-refractivity contribution is 9.10. The molecule has 0 aliphatic rings. The van der Waals surface area contributed by atoms with Crippen molar-refractivity contribution in [3.8, 4) is 0 Å². The van der Waals surface area contributed by atoms with Crippen molar-refractivity contribution in [2.24, 2.45) is 0 Å². The fraction of sp³-hybridized carbons (Fsp3) is 0.174. The molecule has 0 saturated heterocycles. The van der Waals surface area contributed by atoms with E-state index in [2.05, 4.69) is 36.8 Å². The van der Waals surface area contributed by atoms with E-state index in [1.54, 1.807) is 4.68 Å². The van der Waals surface area contributed by atoms with Crippen molar-refractivity contribution in [2.45, 2.75) is 26.9 Å². The summed E-state index contributed by atoms with van der Waals surface area (Å²) in [6.07, 6.45) is 1.87. The molecular formula is C23H20BrCl3N6S. The summed E-state index contributed by atoms with van der Waals surface area (Å²) < 4.78 is 4.42. The van der Waals surface area contributed by atoms with Crippen molar-refractivity contribution >= 4 is 79.6 Å². The summed E-state index contributed by atoms with van der Waals surface area (Å²) >= 11 is 28.0. The van der Waals surface area contributed by atoms with Crippen LogP contribution < -0.4 is 10.6 Å². The minimum absolute atomic E-state index is 0.394. The maximum atomic E-state index is 6.34. The average molecular weight is 599 g/mol. The predicted octanol–water partition coefficient (Wildman–Crippen LogP) is 7.32. The number of nitrogens with one attached hydrogen (secondary N) is 2. The Hall–Kier alpha value is -2.10.